The molecule has 0 atom stereocenters. The van der Waals surface area contributed by atoms with Gasteiger partial charge in [0.25, 0.3) is 0 Å². The number of benzene rings is 1. The van der Waals surface area contributed by atoms with Gasteiger partial charge in [-0.3, -0.25) is 4.98 Å². The number of rotatable bonds is 6. The molecule has 0 amide bonds. The Morgan fingerprint density at radius 3 is 2.89 bits per heavy atom. The molecule has 0 N–H and O–H groups in total. The van der Waals surface area contributed by atoms with Crippen LogP contribution in [-0.2, 0) is 11.3 Å². The van der Waals surface area contributed by atoms with Crippen LogP contribution in [-0.4, -0.2) is 31.2 Å². The van der Waals surface area contributed by atoms with Crippen LogP contribution >= 0.6 is 11.3 Å². The minimum Gasteiger partial charge on any atom is -0.456 e. The molecule has 8 nitrogen and oxygen atoms in total. The number of aromatic nitrogens is 5. The molecule has 134 valence electrons. The summed E-state index contributed by atoms with van der Waals surface area (Å²) in [5.74, 6) is 0.757. The number of hydrogen-bond acceptors (Lipinski definition) is 8. The molecule has 3 aromatic heterocycles. The number of esters is 1. The zero-order chi connectivity index (χ0) is 18.5. The van der Waals surface area contributed by atoms with Gasteiger partial charge < -0.3 is 9.47 Å². The average Bonchev–Trinajstić information content (AvgIpc) is 3.39. The molecule has 0 aliphatic rings. The Bertz CT molecular complexity index is 1030. The lowest BCUT2D eigenvalue weighted by Gasteiger charge is -2.11. The highest BCUT2D eigenvalue weighted by Crippen LogP contribution is 2.26. The predicted molar refractivity (Wildman–Crippen MR) is 96.9 cm³/mol. The van der Waals surface area contributed by atoms with Gasteiger partial charge in [0, 0.05) is 11.8 Å². The van der Waals surface area contributed by atoms with E-state index in [0.717, 1.165) is 5.56 Å². The standard InChI is InChI=1S/C18H13N5O3S/c24-18(17-15(7-9-27-17)23-12-20-21-22-23)25-11-13-4-1-2-6-16(13)26-14-5-3-8-19-10-14/h1-10,12H,11H2. The number of ether oxygens (including phenoxy) is 2. The molecule has 0 fully saturated rings. The summed E-state index contributed by atoms with van der Waals surface area (Å²) in [5.41, 5.74) is 1.32. The molecule has 0 saturated carbocycles. The summed E-state index contributed by atoms with van der Waals surface area (Å²) in [7, 11) is 0. The van der Waals surface area contributed by atoms with Crippen LogP contribution in [0.5, 0.6) is 11.5 Å². The summed E-state index contributed by atoms with van der Waals surface area (Å²) in [6.07, 6.45) is 4.71. The number of pyridine rings is 1. The third kappa shape index (κ3) is 3.82. The number of nitrogens with zero attached hydrogens (tertiary/aromatic N) is 5. The maximum Gasteiger partial charge on any atom is 0.350 e. The van der Waals surface area contributed by atoms with Crippen molar-refractivity contribution in [3.63, 3.8) is 0 Å². The predicted octanol–water partition coefficient (Wildman–Crippen LogP) is 3.27. The molecule has 0 unspecified atom stereocenters. The molecule has 0 spiro atoms. The van der Waals surface area contributed by atoms with Crippen LogP contribution in [0.2, 0.25) is 0 Å². The van der Waals surface area contributed by atoms with Crippen LogP contribution in [0.1, 0.15) is 15.2 Å². The fraction of sp³-hybridized carbons (Fsp3) is 0.0556. The van der Waals surface area contributed by atoms with Gasteiger partial charge in [-0.2, -0.15) is 4.68 Å². The van der Waals surface area contributed by atoms with Gasteiger partial charge in [-0.15, -0.1) is 16.4 Å². The lowest BCUT2D eigenvalue weighted by Crippen LogP contribution is -2.08. The molecule has 4 rings (SSSR count). The monoisotopic (exact) mass is 379 g/mol. The molecule has 27 heavy (non-hydrogen) atoms. The Labute approximate surface area is 158 Å². The lowest BCUT2D eigenvalue weighted by molar-refractivity contribution is 0.0476. The summed E-state index contributed by atoms with van der Waals surface area (Å²) < 4.78 is 12.7. The number of carbonyl (C=O) groups excluding carboxylic acids is 1. The van der Waals surface area contributed by atoms with E-state index in [4.69, 9.17) is 9.47 Å². The highest BCUT2D eigenvalue weighted by Gasteiger charge is 2.18. The van der Waals surface area contributed by atoms with E-state index in [1.807, 2.05) is 24.3 Å². The summed E-state index contributed by atoms with van der Waals surface area (Å²) in [6, 6.07) is 12.7. The van der Waals surface area contributed by atoms with Gasteiger partial charge in [-0.25, -0.2) is 4.79 Å². The first-order chi connectivity index (χ1) is 13.3. The van der Waals surface area contributed by atoms with Crippen LogP contribution in [0.25, 0.3) is 5.69 Å². The first-order valence-electron chi connectivity index (χ1n) is 7.95. The Morgan fingerprint density at radius 1 is 1.15 bits per heavy atom. The molecule has 0 aliphatic heterocycles. The van der Waals surface area contributed by atoms with Crippen molar-refractivity contribution in [2.75, 3.05) is 0 Å². The van der Waals surface area contributed by atoms with E-state index in [0.29, 0.717) is 22.1 Å². The molecule has 3 heterocycles. The second-order valence-electron chi connectivity index (χ2n) is 5.36. The number of para-hydroxylation sites is 1. The first kappa shape index (κ1) is 16.9. The van der Waals surface area contributed by atoms with Gasteiger partial charge in [-0.05, 0) is 40.1 Å². The summed E-state index contributed by atoms with van der Waals surface area (Å²) in [6.45, 7) is 0.0716. The topological polar surface area (TPSA) is 92.0 Å². The molecular formula is C18H13N5O3S. The van der Waals surface area contributed by atoms with E-state index in [1.165, 1.54) is 22.3 Å². The Morgan fingerprint density at radius 2 is 2.07 bits per heavy atom. The zero-order valence-corrected chi connectivity index (χ0v) is 14.7. The minimum absolute atomic E-state index is 0.0716. The number of carbonyl (C=O) groups is 1. The van der Waals surface area contributed by atoms with Crippen molar-refractivity contribution in [2.45, 2.75) is 6.61 Å². The molecule has 9 heteroatoms. The van der Waals surface area contributed by atoms with E-state index in [9.17, 15) is 4.79 Å². The fourth-order valence-electron chi connectivity index (χ4n) is 2.37. The normalized spacial score (nSPS) is 10.5. The number of thiophene rings is 1. The molecule has 0 saturated heterocycles. The van der Waals surface area contributed by atoms with Crippen molar-refractivity contribution in [1.29, 1.82) is 0 Å². The average molecular weight is 379 g/mol. The van der Waals surface area contributed by atoms with Crippen LogP contribution in [0, 0.1) is 0 Å². The van der Waals surface area contributed by atoms with Crippen molar-refractivity contribution >= 4 is 17.3 Å². The van der Waals surface area contributed by atoms with E-state index in [1.54, 1.807) is 36.0 Å². The van der Waals surface area contributed by atoms with Crippen LogP contribution in [0.3, 0.4) is 0 Å². The van der Waals surface area contributed by atoms with Crippen LogP contribution in [0.15, 0.2) is 66.6 Å². The molecule has 0 radical (unpaired) electrons. The Balaban J connectivity index is 1.48. The van der Waals surface area contributed by atoms with E-state index in [2.05, 4.69) is 20.5 Å². The molecular weight excluding hydrogens is 366 g/mol. The second-order valence-corrected chi connectivity index (χ2v) is 6.28. The van der Waals surface area contributed by atoms with E-state index < -0.39 is 5.97 Å². The summed E-state index contributed by atoms with van der Waals surface area (Å²) in [5, 5.41) is 12.8. The van der Waals surface area contributed by atoms with E-state index in [-0.39, 0.29) is 6.61 Å². The van der Waals surface area contributed by atoms with Gasteiger partial charge in [0.2, 0.25) is 0 Å². The fourth-order valence-corrected chi connectivity index (χ4v) is 3.14. The number of hydrogen-bond donors (Lipinski definition) is 0. The highest BCUT2D eigenvalue weighted by atomic mass is 32.1. The van der Waals surface area contributed by atoms with Gasteiger partial charge in [-0.1, -0.05) is 18.2 Å². The van der Waals surface area contributed by atoms with Crippen LogP contribution < -0.4 is 4.74 Å². The lowest BCUT2D eigenvalue weighted by atomic mass is 10.2. The smallest absolute Gasteiger partial charge is 0.350 e. The van der Waals surface area contributed by atoms with Crippen molar-refractivity contribution < 1.29 is 14.3 Å². The zero-order valence-electron chi connectivity index (χ0n) is 13.9. The molecule has 0 aliphatic carbocycles. The maximum absolute atomic E-state index is 12.5. The third-order valence-electron chi connectivity index (χ3n) is 3.62. The van der Waals surface area contributed by atoms with E-state index >= 15 is 0 Å². The quantitative estimate of drug-likeness (QED) is 0.475. The minimum atomic E-state index is -0.452. The maximum atomic E-state index is 12.5. The number of tetrazole rings is 1. The Kier molecular flexibility index (Phi) is 4.84. The van der Waals surface area contributed by atoms with Gasteiger partial charge in [0.15, 0.2) is 0 Å². The van der Waals surface area contributed by atoms with Crippen molar-refractivity contribution in [3.8, 4) is 17.2 Å². The van der Waals surface area contributed by atoms with Gasteiger partial charge in [0.05, 0.1) is 11.9 Å². The summed E-state index contributed by atoms with van der Waals surface area (Å²) >= 11 is 1.27. The highest BCUT2D eigenvalue weighted by molar-refractivity contribution is 7.12. The molecule has 1 aromatic carbocycles. The third-order valence-corrected chi connectivity index (χ3v) is 4.50. The van der Waals surface area contributed by atoms with Gasteiger partial charge in [0.1, 0.15) is 29.3 Å². The molecule has 0 bridgehead atoms. The van der Waals surface area contributed by atoms with Crippen molar-refractivity contribution in [1.82, 2.24) is 25.2 Å². The first-order valence-corrected chi connectivity index (χ1v) is 8.83. The summed E-state index contributed by atoms with van der Waals surface area (Å²) in [4.78, 5) is 17.0. The van der Waals surface area contributed by atoms with Gasteiger partial charge >= 0.3 is 5.97 Å². The van der Waals surface area contributed by atoms with Crippen LogP contribution in [0.4, 0.5) is 0 Å². The second kappa shape index (κ2) is 7.75. The van der Waals surface area contributed by atoms with Crippen molar-refractivity contribution in [3.05, 3.63) is 77.0 Å². The SMILES string of the molecule is O=C(OCc1ccccc1Oc1cccnc1)c1sccc1-n1cnnn1. The largest absolute Gasteiger partial charge is 0.456 e. The van der Waals surface area contributed by atoms with Crippen molar-refractivity contribution in [2.24, 2.45) is 0 Å². The molecule has 4 aromatic rings. The Hall–Kier alpha value is -3.59.